The summed E-state index contributed by atoms with van der Waals surface area (Å²) < 4.78 is 0. The predicted octanol–water partition coefficient (Wildman–Crippen LogP) is 6.92. The minimum absolute atomic E-state index is 0.460. The van der Waals surface area contributed by atoms with E-state index in [1.54, 1.807) is 11.8 Å². The molecule has 0 aromatic heterocycles. The Morgan fingerprint density at radius 3 is 2.76 bits per heavy atom. The average molecular weight is 350 g/mol. The maximum Gasteiger partial charge on any atom is 0.0893 e. The molecule has 0 aliphatic heterocycles. The van der Waals surface area contributed by atoms with Crippen LogP contribution in [0, 0.1) is 5.92 Å². The normalized spacial score (nSPS) is 19.9. The molecule has 1 unspecified atom stereocenters. The highest BCUT2D eigenvalue weighted by Crippen LogP contribution is 2.37. The molecule has 0 bridgehead atoms. The van der Waals surface area contributed by atoms with Crippen molar-refractivity contribution in [3.8, 4) is 0 Å². The molecule has 0 N–H and O–H groups in total. The molecule has 0 spiro atoms. The summed E-state index contributed by atoms with van der Waals surface area (Å²) in [6.07, 6.45) is 11.0. The molecule has 2 rings (SSSR count). The first-order chi connectivity index (χ1) is 12.1. The maximum atomic E-state index is 4.97. The lowest BCUT2D eigenvalue weighted by atomic mass is 9.94. The van der Waals surface area contributed by atoms with Crippen molar-refractivity contribution >= 4 is 29.1 Å². The van der Waals surface area contributed by atoms with Gasteiger partial charge in [-0.3, -0.25) is 4.99 Å². The molecule has 1 aromatic carbocycles. The van der Waals surface area contributed by atoms with E-state index in [1.165, 1.54) is 32.9 Å². The Hall–Kier alpha value is -2.06. The highest BCUT2D eigenvalue weighted by atomic mass is 32.2. The van der Waals surface area contributed by atoms with Gasteiger partial charge in [0.15, 0.2) is 0 Å². The third-order valence-corrected chi connectivity index (χ3v) is 5.15. The second-order valence-corrected chi connectivity index (χ2v) is 7.19. The van der Waals surface area contributed by atoms with E-state index in [-0.39, 0.29) is 0 Å². The van der Waals surface area contributed by atoms with Crippen LogP contribution in [-0.4, -0.2) is 11.6 Å². The van der Waals surface area contributed by atoms with E-state index in [9.17, 15) is 0 Å². The molecule has 0 heterocycles. The highest BCUT2D eigenvalue weighted by molar-refractivity contribution is 8.03. The van der Waals surface area contributed by atoms with Crippen molar-refractivity contribution in [2.45, 2.75) is 27.2 Å². The number of hydrogen-bond acceptors (Lipinski definition) is 2. The summed E-state index contributed by atoms with van der Waals surface area (Å²) in [4.78, 5) is 6.15. The summed E-state index contributed by atoms with van der Waals surface area (Å²) in [6.45, 7) is 14.3. The molecule has 0 amide bonds. The lowest BCUT2D eigenvalue weighted by Gasteiger charge is -2.13. The third-order valence-electron chi connectivity index (χ3n) is 4.29. The van der Waals surface area contributed by atoms with Gasteiger partial charge in [0.05, 0.1) is 5.88 Å². The topological polar surface area (TPSA) is 12.4 Å². The second kappa shape index (κ2) is 9.43. The Morgan fingerprint density at radius 1 is 1.32 bits per heavy atom. The molecule has 1 aliphatic carbocycles. The van der Waals surface area contributed by atoms with Crippen LogP contribution < -0.4 is 0 Å². The molecule has 25 heavy (non-hydrogen) atoms. The molecule has 130 valence electrons. The number of hydrogen-bond donors (Lipinski definition) is 0. The minimum Gasteiger partial charge on any atom is -0.278 e. The van der Waals surface area contributed by atoms with Gasteiger partial charge >= 0.3 is 0 Å². The third kappa shape index (κ3) is 4.73. The zero-order valence-corrected chi connectivity index (χ0v) is 16.3. The van der Waals surface area contributed by atoms with Crippen LogP contribution in [-0.2, 0) is 0 Å². The monoisotopic (exact) mass is 349 g/mol. The molecule has 0 saturated heterocycles. The fourth-order valence-electron chi connectivity index (χ4n) is 3.24. The molecule has 1 nitrogen and oxygen atoms in total. The van der Waals surface area contributed by atoms with Gasteiger partial charge in [0, 0.05) is 22.1 Å². The summed E-state index contributed by atoms with van der Waals surface area (Å²) in [5.41, 5.74) is 6.37. The smallest absolute Gasteiger partial charge is 0.0893 e. The van der Waals surface area contributed by atoms with E-state index < -0.39 is 0 Å². The summed E-state index contributed by atoms with van der Waals surface area (Å²) >= 11 is 1.74. The SMILES string of the molecule is C=C/C=C(\C=C/C)SC/N=C1/C(c2ccccc2C=C)=C(C)CC1C. The Balaban J connectivity index is 2.30. The fraction of sp³-hybridized carbons (Fsp3) is 0.261. The highest BCUT2D eigenvalue weighted by Gasteiger charge is 2.27. The van der Waals surface area contributed by atoms with Gasteiger partial charge in [0.1, 0.15) is 0 Å². The van der Waals surface area contributed by atoms with E-state index >= 15 is 0 Å². The van der Waals surface area contributed by atoms with Crippen molar-refractivity contribution in [3.05, 3.63) is 83.3 Å². The summed E-state index contributed by atoms with van der Waals surface area (Å²) in [7, 11) is 0. The fourth-order valence-corrected chi connectivity index (χ4v) is 4.01. The predicted molar refractivity (Wildman–Crippen MR) is 116 cm³/mol. The second-order valence-electron chi connectivity index (χ2n) is 6.17. The Labute approximate surface area is 156 Å². The largest absolute Gasteiger partial charge is 0.278 e. The quantitative estimate of drug-likeness (QED) is 0.487. The standard InChI is InChI=1S/C23H27NS/c1-6-11-20(12-7-2)25-16-24-23-18(5)15-17(4)22(23)21-14-10-9-13-19(21)8-3/h6-14,18H,1,3,15-16H2,2,4-5H3/b12-7-,20-11+,24-23+. The zero-order chi connectivity index (χ0) is 18.2. The van der Waals surface area contributed by atoms with Crippen molar-refractivity contribution in [2.24, 2.45) is 10.9 Å². The molecule has 1 aliphatic rings. The van der Waals surface area contributed by atoms with Crippen LogP contribution in [0.4, 0.5) is 0 Å². The zero-order valence-electron chi connectivity index (χ0n) is 15.5. The number of aliphatic imine (C=N–C) groups is 1. The van der Waals surface area contributed by atoms with Gasteiger partial charge in [-0.05, 0) is 37.5 Å². The number of allylic oxidation sites excluding steroid dienone is 6. The molecular weight excluding hydrogens is 322 g/mol. The summed E-state index contributed by atoms with van der Waals surface area (Å²) in [5.74, 6) is 1.18. The van der Waals surface area contributed by atoms with Crippen molar-refractivity contribution in [1.82, 2.24) is 0 Å². The van der Waals surface area contributed by atoms with Crippen LogP contribution in [0.3, 0.4) is 0 Å². The van der Waals surface area contributed by atoms with Crippen LogP contribution in [0.1, 0.15) is 38.3 Å². The minimum atomic E-state index is 0.460. The van der Waals surface area contributed by atoms with Gasteiger partial charge in [-0.15, -0.1) is 11.8 Å². The maximum absolute atomic E-state index is 4.97. The Bertz CT molecular complexity index is 762. The van der Waals surface area contributed by atoms with Gasteiger partial charge in [0.25, 0.3) is 0 Å². The molecule has 1 atom stereocenters. The van der Waals surface area contributed by atoms with Crippen LogP contribution in [0.15, 0.2) is 77.2 Å². The molecule has 1 aromatic rings. The first-order valence-electron chi connectivity index (χ1n) is 8.66. The Kier molecular flexibility index (Phi) is 7.27. The first-order valence-corrected chi connectivity index (χ1v) is 9.65. The van der Waals surface area contributed by atoms with E-state index in [0.29, 0.717) is 5.92 Å². The van der Waals surface area contributed by atoms with Gasteiger partial charge in [-0.2, -0.15) is 0 Å². The van der Waals surface area contributed by atoms with E-state index in [2.05, 4.69) is 57.3 Å². The number of thioether (sulfide) groups is 1. The van der Waals surface area contributed by atoms with Crippen molar-refractivity contribution in [2.75, 3.05) is 5.88 Å². The van der Waals surface area contributed by atoms with Crippen molar-refractivity contribution in [1.29, 1.82) is 0 Å². The van der Waals surface area contributed by atoms with Crippen molar-refractivity contribution < 1.29 is 0 Å². The molecule has 2 heteroatoms. The number of rotatable bonds is 7. The summed E-state index contributed by atoms with van der Waals surface area (Å²) in [6, 6.07) is 8.45. The van der Waals surface area contributed by atoms with Crippen molar-refractivity contribution in [3.63, 3.8) is 0 Å². The van der Waals surface area contributed by atoms with Gasteiger partial charge in [-0.25, -0.2) is 0 Å². The van der Waals surface area contributed by atoms with E-state index in [4.69, 9.17) is 4.99 Å². The average Bonchev–Trinajstić information content (AvgIpc) is 2.88. The lowest BCUT2D eigenvalue weighted by molar-refractivity contribution is 0.787. The number of benzene rings is 1. The van der Waals surface area contributed by atoms with Gasteiger partial charge in [-0.1, -0.05) is 74.2 Å². The molecule has 0 radical (unpaired) electrons. The lowest BCUT2D eigenvalue weighted by Crippen LogP contribution is -2.08. The Morgan fingerprint density at radius 2 is 2.08 bits per heavy atom. The van der Waals surface area contributed by atoms with Crippen LogP contribution in [0.2, 0.25) is 0 Å². The molecular formula is C23H27NS. The van der Waals surface area contributed by atoms with Crippen LogP contribution in [0.25, 0.3) is 11.6 Å². The van der Waals surface area contributed by atoms with E-state index in [1.807, 2.05) is 31.2 Å². The van der Waals surface area contributed by atoms with E-state index in [0.717, 1.165) is 12.3 Å². The van der Waals surface area contributed by atoms with Gasteiger partial charge < -0.3 is 0 Å². The van der Waals surface area contributed by atoms with Gasteiger partial charge in [0.2, 0.25) is 0 Å². The van der Waals surface area contributed by atoms with Crippen LogP contribution in [0.5, 0.6) is 0 Å². The number of nitrogens with zero attached hydrogens (tertiary/aromatic N) is 1. The van der Waals surface area contributed by atoms with Crippen LogP contribution >= 0.6 is 11.8 Å². The molecule has 0 fully saturated rings. The first kappa shape index (κ1) is 19.3. The summed E-state index contributed by atoms with van der Waals surface area (Å²) in [5, 5.41) is 0. The molecule has 0 saturated carbocycles.